The van der Waals surface area contributed by atoms with Crippen LogP contribution in [0.3, 0.4) is 0 Å². The molecule has 0 aromatic heterocycles. The molecule has 1 amide bonds. The van der Waals surface area contributed by atoms with Crippen molar-refractivity contribution >= 4 is 135 Å². The molecule has 0 spiro atoms. The molecular weight excluding hydrogens is 1260 g/mol. The van der Waals surface area contributed by atoms with Crippen LogP contribution < -0.4 is 30.7 Å². The Morgan fingerprint density at radius 2 is 1.49 bits per heavy atom. The van der Waals surface area contributed by atoms with Crippen LogP contribution in [-0.2, 0) is 23.8 Å². The van der Waals surface area contributed by atoms with Crippen molar-refractivity contribution in [3.05, 3.63) is 44.1 Å². The van der Waals surface area contributed by atoms with Crippen molar-refractivity contribution < 1.29 is 41.9 Å². The molecule has 3 atom stereocenters. The third kappa shape index (κ3) is 18.7. The quantitative estimate of drug-likeness (QED) is 0.0261. The van der Waals surface area contributed by atoms with Crippen LogP contribution in [0.4, 0.5) is 4.79 Å². The van der Waals surface area contributed by atoms with Gasteiger partial charge in [-0.25, -0.2) is 9.59 Å². The van der Waals surface area contributed by atoms with Gasteiger partial charge in [-0.05, 0) is 141 Å². The first kappa shape index (κ1) is 48.2. The molecule has 0 aliphatic heterocycles. The molecule has 298 valence electrons. The molecule has 0 radical (unpaired) electrons. The van der Waals surface area contributed by atoms with Gasteiger partial charge in [-0.3, -0.25) is 0 Å². The number of nitrogens with one attached hydrogen (secondary N) is 5. The van der Waals surface area contributed by atoms with E-state index in [9.17, 15) is 24.6 Å². The molecule has 0 aliphatic carbocycles. The van der Waals surface area contributed by atoms with Gasteiger partial charge in [0.25, 0.3) is 0 Å². The number of hydrogen-bond donors (Lipinski definition) is 7. The van der Waals surface area contributed by atoms with Gasteiger partial charge in [0.2, 0.25) is 0 Å². The van der Waals surface area contributed by atoms with Crippen LogP contribution in [0.1, 0.15) is 53.0 Å². The van der Waals surface area contributed by atoms with Crippen molar-refractivity contribution in [2.45, 2.75) is 83.7 Å². The number of carboxylic acids is 1. The maximum absolute atomic E-state index is 12.4. The van der Waals surface area contributed by atoms with Gasteiger partial charge in [0, 0.05) is 13.6 Å². The minimum atomic E-state index is -1.65. The third-order valence-electron chi connectivity index (χ3n) is 6.67. The number of alkyl halides is 2. The van der Waals surface area contributed by atoms with Gasteiger partial charge in [-0.1, -0.05) is 0 Å². The molecule has 19 heteroatoms. The van der Waals surface area contributed by atoms with Crippen molar-refractivity contribution in [3.63, 3.8) is 0 Å². The van der Waals surface area contributed by atoms with Crippen molar-refractivity contribution in [2.75, 3.05) is 29.6 Å². The van der Waals surface area contributed by atoms with E-state index < -0.39 is 50.0 Å². The van der Waals surface area contributed by atoms with E-state index in [1.807, 2.05) is 35.8 Å². The van der Waals surface area contributed by atoms with Crippen molar-refractivity contribution in [3.8, 4) is 17.2 Å². The topological polar surface area (TPSA) is 201 Å². The number of rotatable bonds is 19. The van der Waals surface area contributed by atoms with E-state index in [4.69, 9.17) is 22.7 Å². The molecular formula is C34H48I5N5O9. The van der Waals surface area contributed by atoms with Gasteiger partial charge in [0.05, 0.1) is 7.14 Å². The average Bonchev–Trinajstić information content (AvgIpc) is 3.00. The number of alkyl carbamates (subject to hydrolysis) is 1. The summed E-state index contributed by atoms with van der Waals surface area (Å²) in [5.74, 6) is 0.384. The van der Waals surface area contributed by atoms with E-state index >= 15 is 0 Å². The fourth-order valence-electron chi connectivity index (χ4n) is 4.48. The minimum absolute atomic E-state index is 0.00525. The standard InChI is InChI=1S/C34H48I5N5O9/c1-18(2)43-27(31(48)53-39(6)7)9-8-10-41-32(40)42-16-19(45)17-50-29-25(37)13-21(14-26(29)38)51-20-11-23(35)22(24(36)12-20)15-28(30(46)47)44-33(49)52-34(3,4)5/h11-14,18-19,27-28,43,45H,8-10,15-17H2,1-7H3,(H,44,49)(H,46,47)(H3,40,41,42). The fraction of sp³-hybridized carbons (Fsp3) is 0.529. The Kier molecular flexibility index (Phi) is 21.3. The number of ether oxygens (including phenoxy) is 3. The molecule has 2 aromatic carbocycles. The van der Waals surface area contributed by atoms with E-state index in [1.54, 1.807) is 32.9 Å². The van der Waals surface area contributed by atoms with Gasteiger partial charge in [0.1, 0.15) is 28.9 Å². The van der Waals surface area contributed by atoms with Crippen LogP contribution in [0.15, 0.2) is 24.3 Å². The van der Waals surface area contributed by atoms with Gasteiger partial charge in [0.15, 0.2) is 0 Å². The zero-order valence-corrected chi connectivity index (χ0v) is 41.3. The van der Waals surface area contributed by atoms with E-state index in [0.29, 0.717) is 36.6 Å². The van der Waals surface area contributed by atoms with Gasteiger partial charge in [-0.15, -0.1) is 0 Å². The first-order valence-corrected chi connectivity index (χ1v) is 25.9. The molecule has 0 bridgehead atoms. The predicted molar refractivity (Wildman–Crippen MR) is 247 cm³/mol. The Labute approximate surface area is 373 Å². The second-order valence-corrected chi connectivity index (χ2v) is 22.2. The summed E-state index contributed by atoms with van der Waals surface area (Å²) in [5.41, 5.74) is -0.00639. The molecule has 14 nitrogen and oxygen atoms in total. The summed E-state index contributed by atoms with van der Waals surface area (Å²) in [6, 6.07) is 5.81. The molecule has 0 saturated heterocycles. The van der Waals surface area contributed by atoms with Gasteiger partial charge < -0.3 is 24.6 Å². The molecule has 53 heavy (non-hydrogen) atoms. The van der Waals surface area contributed by atoms with Crippen LogP contribution in [0.5, 0.6) is 17.2 Å². The fourth-order valence-corrected chi connectivity index (χ4v) is 9.82. The number of benzene rings is 2. The first-order chi connectivity index (χ1) is 24.6. The monoisotopic (exact) mass is 1300 g/mol. The van der Waals surface area contributed by atoms with Crippen LogP contribution in [0.25, 0.3) is 0 Å². The molecule has 3 unspecified atom stereocenters. The number of aliphatic carboxylic acids is 1. The first-order valence-electron chi connectivity index (χ1n) is 16.4. The molecule has 0 fully saturated rings. The number of amides is 1. The Balaban J connectivity index is 1.91. The number of aliphatic hydroxyl groups is 1. The number of hydrogen-bond acceptors (Lipinski definition) is 10. The molecule has 0 saturated carbocycles. The van der Waals surface area contributed by atoms with Gasteiger partial charge in [-0.2, -0.15) is 0 Å². The molecule has 7 N–H and O–H groups in total. The zero-order valence-electron chi connectivity index (χ0n) is 30.5. The number of carbonyl (C=O) groups excluding carboxylic acids is 2. The average molecular weight is 1310 g/mol. The summed E-state index contributed by atoms with van der Waals surface area (Å²) in [7, 11) is 0. The number of halogens is 5. The van der Waals surface area contributed by atoms with E-state index in [0.717, 1.165) is 19.8 Å². The van der Waals surface area contributed by atoms with Crippen LogP contribution in [0.2, 0.25) is 0 Å². The second kappa shape index (κ2) is 23.4. The second-order valence-electron chi connectivity index (χ2n) is 13.2. The van der Waals surface area contributed by atoms with E-state index in [-0.39, 0.29) is 43.6 Å². The van der Waals surface area contributed by atoms with E-state index in [1.165, 1.54) is 0 Å². The number of carboxylic acid groups (broad SMARTS) is 1. The Hall–Kier alpha value is -0.910. The van der Waals surface area contributed by atoms with Gasteiger partial charge >= 0.3 is 153 Å². The Morgan fingerprint density at radius 1 is 0.925 bits per heavy atom. The van der Waals surface area contributed by atoms with Crippen LogP contribution >= 0.6 is 111 Å². The summed E-state index contributed by atoms with van der Waals surface area (Å²) in [6.07, 6.45) is -0.402. The number of aliphatic hydroxyl groups excluding tert-OH is 1. The summed E-state index contributed by atoms with van der Waals surface area (Å²) in [6.45, 7) is 9.65. The summed E-state index contributed by atoms with van der Waals surface area (Å²) in [5, 5.41) is 40.0. The summed E-state index contributed by atoms with van der Waals surface area (Å²) >= 11 is 6.88. The molecule has 2 rings (SSSR count). The van der Waals surface area contributed by atoms with Crippen LogP contribution in [0, 0.1) is 19.7 Å². The van der Waals surface area contributed by atoms with E-state index in [2.05, 4.69) is 112 Å². The molecule has 0 aliphatic rings. The third-order valence-corrected chi connectivity index (χ3v) is 11.5. The van der Waals surface area contributed by atoms with Crippen LogP contribution in [-0.4, -0.2) is 93.6 Å². The van der Waals surface area contributed by atoms with Crippen molar-refractivity contribution in [1.29, 1.82) is 5.41 Å². The Morgan fingerprint density at radius 3 is 2.00 bits per heavy atom. The summed E-state index contributed by atoms with van der Waals surface area (Å²) in [4.78, 5) is 40.6. The predicted octanol–water partition coefficient (Wildman–Crippen LogP) is 6.64. The normalized spacial score (nSPS) is 13.3. The number of guanidine groups is 1. The molecule has 2 aromatic rings. The zero-order chi connectivity index (χ0) is 40.0. The maximum atomic E-state index is 12.4. The number of carbonyl (C=O) groups is 3. The van der Waals surface area contributed by atoms with Crippen molar-refractivity contribution in [2.24, 2.45) is 0 Å². The SMILES string of the molecule is CC(C)NC(CCCNC(=N)NCC(O)COc1c(I)cc(Oc2cc(I)c(CC(NC(=O)OC(C)(C)C)C(=O)O)c(I)c2)cc1I)C(=O)OI(C)C. The summed E-state index contributed by atoms with van der Waals surface area (Å²) < 4.78 is 25.9. The van der Waals surface area contributed by atoms with Crippen molar-refractivity contribution in [1.82, 2.24) is 21.3 Å². The Bertz CT molecular complexity index is 1530. The molecule has 0 heterocycles.